The van der Waals surface area contributed by atoms with Crippen molar-refractivity contribution in [3.05, 3.63) is 66.0 Å². The van der Waals surface area contributed by atoms with Crippen LogP contribution in [0.25, 0.3) is 17.2 Å². The van der Waals surface area contributed by atoms with Gasteiger partial charge in [0.2, 0.25) is 5.88 Å². The van der Waals surface area contributed by atoms with Gasteiger partial charge in [-0.15, -0.1) is 10.2 Å². The highest BCUT2D eigenvalue weighted by Gasteiger charge is 2.43. The number of methoxy groups -OCH3 is 4. The smallest absolute Gasteiger partial charge is 0.213 e. The quantitative estimate of drug-likeness (QED) is 0.233. The summed E-state index contributed by atoms with van der Waals surface area (Å²) in [6.45, 7) is 4.70. The average Bonchev–Trinajstić information content (AvgIpc) is 3.40. The van der Waals surface area contributed by atoms with Crippen molar-refractivity contribution >= 4 is 9.84 Å². The second kappa shape index (κ2) is 12.6. The lowest BCUT2D eigenvalue weighted by Gasteiger charge is -2.44. The topological polar surface area (TPSA) is 144 Å². The Morgan fingerprint density at radius 2 is 1.58 bits per heavy atom. The maximum Gasteiger partial charge on any atom is 0.213 e. The zero-order valence-corrected chi connectivity index (χ0v) is 25.8. The number of ether oxygens (including phenoxy) is 4. The maximum absolute atomic E-state index is 14.2. The van der Waals surface area contributed by atoms with E-state index in [2.05, 4.69) is 25.1 Å². The number of pyridine rings is 1. The van der Waals surface area contributed by atoms with Gasteiger partial charge in [-0.1, -0.05) is 12.1 Å². The van der Waals surface area contributed by atoms with Gasteiger partial charge in [0.1, 0.15) is 34.5 Å². The lowest BCUT2D eigenvalue weighted by Crippen LogP contribution is -2.56. The molecule has 0 spiro atoms. The first-order chi connectivity index (χ1) is 20.7. The van der Waals surface area contributed by atoms with Crippen molar-refractivity contribution in [2.45, 2.75) is 37.0 Å². The molecular formula is C29H35N7O6S. The molecule has 1 fully saturated rings. The van der Waals surface area contributed by atoms with E-state index in [9.17, 15) is 8.42 Å². The van der Waals surface area contributed by atoms with Crippen LogP contribution in [0, 0.1) is 6.92 Å². The van der Waals surface area contributed by atoms with Gasteiger partial charge in [0.15, 0.2) is 21.5 Å². The third-order valence-electron chi connectivity index (χ3n) is 7.53. The lowest BCUT2D eigenvalue weighted by molar-refractivity contribution is -0.0531. The molecule has 228 valence electrons. The van der Waals surface area contributed by atoms with E-state index < -0.39 is 26.9 Å². The molecule has 3 aromatic heterocycles. The van der Waals surface area contributed by atoms with Crippen molar-refractivity contribution in [1.29, 1.82) is 0 Å². The summed E-state index contributed by atoms with van der Waals surface area (Å²) in [5, 5.41) is 7.87. The molecule has 14 heteroatoms. The zero-order valence-electron chi connectivity index (χ0n) is 25.0. The molecule has 2 atom stereocenters. The summed E-state index contributed by atoms with van der Waals surface area (Å²) in [7, 11) is 2.33. The van der Waals surface area contributed by atoms with Gasteiger partial charge < -0.3 is 18.9 Å². The van der Waals surface area contributed by atoms with Crippen molar-refractivity contribution < 1.29 is 27.4 Å². The van der Waals surface area contributed by atoms with Crippen molar-refractivity contribution in [3.8, 4) is 34.6 Å². The van der Waals surface area contributed by atoms with Gasteiger partial charge in [0, 0.05) is 38.7 Å². The van der Waals surface area contributed by atoms with E-state index in [0.29, 0.717) is 53.5 Å². The Kier molecular flexibility index (Phi) is 8.89. The standard InChI is InChI=1S/C29H35N7O6S/c1-18-13-30-28(31-14-18)26(35-15-20(16-35)39-3)19(2)43(37,38)17-24-33-34-29(21-9-7-12-25(32-21)42-6)36(24)27-22(40-4)10-8-11-23(27)41-5/h7-14,19-20,26H,15-17H2,1-6H3/t19-,26?/m0/s1. The van der Waals surface area contributed by atoms with Gasteiger partial charge in [-0.2, -0.15) is 0 Å². The molecule has 0 radical (unpaired) electrons. The molecule has 4 heterocycles. The fourth-order valence-corrected chi connectivity index (χ4v) is 6.59. The van der Waals surface area contributed by atoms with Gasteiger partial charge in [-0.25, -0.2) is 23.4 Å². The normalized spacial score (nSPS) is 15.5. The van der Waals surface area contributed by atoms with E-state index in [1.54, 1.807) is 67.4 Å². The number of aryl methyl sites for hydroxylation is 1. The van der Waals surface area contributed by atoms with E-state index in [4.69, 9.17) is 18.9 Å². The molecule has 43 heavy (non-hydrogen) atoms. The van der Waals surface area contributed by atoms with E-state index in [0.717, 1.165) is 5.56 Å². The van der Waals surface area contributed by atoms with Crippen molar-refractivity contribution in [1.82, 2.24) is 34.6 Å². The number of rotatable bonds is 12. The summed E-state index contributed by atoms with van der Waals surface area (Å²) in [6.07, 6.45) is 3.41. The SMILES string of the molecule is COc1cccc(-c2nnc(CS(=O)(=O)[C@@H](C)C(c3ncc(C)cn3)N3CC(OC)C3)n2-c2c(OC)cccc2OC)n1. The molecule has 13 nitrogen and oxygen atoms in total. The fraction of sp³-hybridized carbons (Fsp3) is 0.414. The molecule has 1 aromatic carbocycles. The van der Waals surface area contributed by atoms with Gasteiger partial charge in [0.05, 0.1) is 38.7 Å². The molecule has 0 aliphatic carbocycles. The van der Waals surface area contributed by atoms with Gasteiger partial charge in [-0.3, -0.25) is 9.47 Å². The zero-order chi connectivity index (χ0) is 30.7. The van der Waals surface area contributed by atoms with Crippen LogP contribution in [0.4, 0.5) is 0 Å². The number of hydrogen-bond donors (Lipinski definition) is 0. The third-order valence-corrected chi connectivity index (χ3v) is 9.58. The minimum atomic E-state index is -3.88. The van der Waals surface area contributed by atoms with Crippen LogP contribution < -0.4 is 14.2 Å². The van der Waals surface area contributed by atoms with Crippen LogP contribution in [-0.4, -0.2) is 95.9 Å². The highest BCUT2D eigenvalue weighted by atomic mass is 32.2. The molecule has 1 aliphatic rings. The first-order valence-corrected chi connectivity index (χ1v) is 15.4. The number of benzene rings is 1. The molecule has 1 aliphatic heterocycles. The van der Waals surface area contributed by atoms with E-state index in [1.807, 2.05) is 11.8 Å². The number of likely N-dealkylation sites (tertiary alicyclic amines) is 1. The molecule has 1 unspecified atom stereocenters. The van der Waals surface area contributed by atoms with Crippen LogP contribution in [-0.2, 0) is 20.3 Å². The molecule has 4 aromatic rings. The van der Waals surface area contributed by atoms with Crippen LogP contribution >= 0.6 is 0 Å². The third kappa shape index (κ3) is 6.03. The first kappa shape index (κ1) is 30.3. The molecule has 5 rings (SSSR count). The Hall–Kier alpha value is -4.14. The van der Waals surface area contributed by atoms with Crippen molar-refractivity contribution in [2.75, 3.05) is 41.5 Å². The number of nitrogens with zero attached hydrogens (tertiary/aromatic N) is 7. The highest BCUT2D eigenvalue weighted by Crippen LogP contribution is 2.38. The van der Waals surface area contributed by atoms with Gasteiger partial charge in [-0.05, 0) is 37.6 Å². The lowest BCUT2D eigenvalue weighted by atomic mass is 10.0. The second-order valence-electron chi connectivity index (χ2n) is 10.2. The fourth-order valence-electron chi connectivity index (χ4n) is 5.10. The molecule has 1 saturated heterocycles. The summed E-state index contributed by atoms with van der Waals surface area (Å²) in [5.41, 5.74) is 1.75. The summed E-state index contributed by atoms with van der Waals surface area (Å²) < 4.78 is 52.2. The summed E-state index contributed by atoms with van der Waals surface area (Å²) in [5.74, 6) is 1.70. The predicted octanol–water partition coefficient (Wildman–Crippen LogP) is 2.83. The average molecular weight is 610 g/mol. The predicted molar refractivity (Wildman–Crippen MR) is 158 cm³/mol. The van der Waals surface area contributed by atoms with Gasteiger partial charge in [0.25, 0.3) is 0 Å². The molecule has 0 N–H and O–H groups in total. The first-order valence-electron chi connectivity index (χ1n) is 13.6. The highest BCUT2D eigenvalue weighted by molar-refractivity contribution is 7.91. The maximum atomic E-state index is 14.2. The van der Waals surface area contributed by atoms with Crippen LogP contribution in [0.5, 0.6) is 17.4 Å². The van der Waals surface area contributed by atoms with Crippen LogP contribution in [0.2, 0.25) is 0 Å². The van der Waals surface area contributed by atoms with Crippen LogP contribution in [0.1, 0.15) is 30.2 Å². The van der Waals surface area contributed by atoms with Crippen LogP contribution in [0.15, 0.2) is 48.8 Å². The number of hydrogen-bond acceptors (Lipinski definition) is 12. The number of para-hydroxylation sites is 1. The Morgan fingerprint density at radius 3 is 2.19 bits per heavy atom. The Bertz CT molecular complexity index is 1650. The minimum absolute atomic E-state index is 0.0156. The van der Waals surface area contributed by atoms with E-state index >= 15 is 0 Å². The van der Waals surface area contributed by atoms with E-state index in [1.165, 1.54) is 21.3 Å². The molecule has 0 saturated carbocycles. The molecule has 0 bridgehead atoms. The summed E-state index contributed by atoms with van der Waals surface area (Å²) in [4.78, 5) is 15.6. The van der Waals surface area contributed by atoms with Crippen molar-refractivity contribution in [3.63, 3.8) is 0 Å². The van der Waals surface area contributed by atoms with Crippen LogP contribution in [0.3, 0.4) is 0 Å². The number of aromatic nitrogens is 6. The Morgan fingerprint density at radius 1 is 0.930 bits per heavy atom. The Balaban J connectivity index is 1.60. The van der Waals surface area contributed by atoms with Crippen molar-refractivity contribution in [2.24, 2.45) is 0 Å². The number of sulfone groups is 1. The van der Waals surface area contributed by atoms with Gasteiger partial charge >= 0.3 is 0 Å². The Labute approximate surface area is 250 Å². The molecule has 0 amide bonds. The van der Waals surface area contributed by atoms with E-state index in [-0.39, 0.29) is 11.9 Å². The molecular weight excluding hydrogens is 574 g/mol. The largest absolute Gasteiger partial charge is 0.494 e. The minimum Gasteiger partial charge on any atom is -0.494 e. The summed E-state index contributed by atoms with van der Waals surface area (Å²) >= 11 is 0. The second-order valence-corrected chi connectivity index (χ2v) is 12.6. The monoisotopic (exact) mass is 609 g/mol. The summed E-state index contributed by atoms with van der Waals surface area (Å²) in [6, 6.07) is 9.91.